The van der Waals surface area contributed by atoms with E-state index < -0.39 is 5.82 Å². The molecule has 0 aromatic carbocycles. The Morgan fingerprint density at radius 1 is 1.43 bits per heavy atom. The summed E-state index contributed by atoms with van der Waals surface area (Å²) in [5, 5.41) is 8.62. The molecule has 0 radical (unpaired) electrons. The van der Waals surface area contributed by atoms with Gasteiger partial charge >= 0.3 is 0 Å². The van der Waals surface area contributed by atoms with Crippen LogP contribution in [0.1, 0.15) is 5.69 Å². The van der Waals surface area contributed by atoms with E-state index >= 15 is 0 Å². The first-order valence-electron chi connectivity index (χ1n) is 3.73. The normalized spacial score (nSPS) is 10.1. The topological polar surface area (TPSA) is 49.6 Å². The van der Waals surface area contributed by atoms with E-state index in [0.29, 0.717) is 11.0 Å². The van der Waals surface area contributed by atoms with Crippen molar-refractivity contribution in [2.75, 3.05) is 0 Å². The van der Waals surface area contributed by atoms with Crippen LogP contribution < -0.4 is 0 Å². The van der Waals surface area contributed by atoms with Crippen LogP contribution in [-0.4, -0.2) is 9.97 Å². The lowest BCUT2D eigenvalue weighted by molar-refractivity contribution is 0.617. The summed E-state index contributed by atoms with van der Waals surface area (Å²) in [7, 11) is 0. The molecule has 2 heterocycles. The molecule has 2 aromatic heterocycles. The minimum absolute atomic E-state index is 0.236. The Bertz CT molecular complexity index is 547. The third-order valence-corrected chi connectivity index (χ3v) is 2.48. The second-order valence-corrected chi connectivity index (χ2v) is 3.39. The van der Waals surface area contributed by atoms with Crippen LogP contribution in [0.3, 0.4) is 0 Å². The van der Waals surface area contributed by atoms with Crippen LogP contribution in [0.25, 0.3) is 11.0 Å². The highest BCUT2D eigenvalue weighted by Gasteiger charge is 2.07. The molecule has 0 atom stereocenters. The van der Waals surface area contributed by atoms with E-state index in [-0.39, 0.29) is 10.2 Å². The maximum absolute atomic E-state index is 13.1. The molecule has 2 aromatic rings. The lowest BCUT2D eigenvalue weighted by Crippen LogP contribution is -1.90. The Kier molecular flexibility index (Phi) is 2.14. The minimum atomic E-state index is -0.486. The Hall–Kier alpha value is -1.54. The third kappa shape index (κ3) is 1.34. The van der Waals surface area contributed by atoms with Crippen molar-refractivity contribution in [1.29, 1.82) is 5.26 Å². The molecule has 0 saturated heterocycles. The molecule has 14 heavy (non-hydrogen) atoms. The van der Waals surface area contributed by atoms with Gasteiger partial charge in [-0.1, -0.05) is 0 Å². The highest BCUT2D eigenvalue weighted by atomic mass is 79.9. The molecule has 0 spiro atoms. The van der Waals surface area contributed by atoms with Gasteiger partial charge in [0, 0.05) is 0 Å². The van der Waals surface area contributed by atoms with E-state index in [0.717, 1.165) is 6.20 Å². The molecule has 0 N–H and O–H groups in total. The van der Waals surface area contributed by atoms with Crippen molar-refractivity contribution in [3.05, 3.63) is 34.3 Å². The first kappa shape index (κ1) is 9.03. The SMILES string of the molecule is N#Cc1ccc2ncc(F)c(Br)c2n1. The van der Waals surface area contributed by atoms with Crippen LogP contribution in [0.15, 0.2) is 22.8 Å². The fourth-order valence-electron chi connectivity index (χ4n) is 1.08. The fourth-order valence-corrected chi connectivity index (χ4v) is 1.47. The van der Waals surface area contributed by atoms with E-state index in [1.165, 1.54) is 0 Å². The Morgan fingerprint density at radius 2 is 2.21 bits per heavy atom. The van der Waals surface area contributed by atoms with Crippen LogP contribution in [0, 0.1) is 17.1 Å². The van der Waals surface area contributed by atoms with Crippen molar-refractivity contribution in [3.8, 4) is 6.07 Å². The van der Waals surface area contributed by atoms with E-state index in [1.807, 2.05) is 6.07 Å². The van der Waals surface area contributed by atoms with Crippen LogP contribution in [0.5, 0.6) is 0 Å². The molecule has 0 fully saturated rings. The molecule has 0 bridgehead atoms. The average molecular weight is 252 g/mol. The van der Waals surface area contributed by atoms with Crippen molar-refractivity contribution in [3.63, 3.8) is 0 Å². The van der Waals surface area contributed by atoms with Gasteiger partial charge in [-0.3, -0.25) is 4.98 Å². The zero-order valence-electron chi connectivity index (χ0n) is 6.83. The summed E-state index contributed by atoms with van der Waals surface area (Å²) < 4.78 is 13.3. The zero-order valence-corrected chi connectivity index (χ0v) is 8.42. The van der Waals surface area contributed by atoms with E-state index in [2.05, 4.69) is 25.9 Å². The summed E-state index contributed by atoms with van der Waals surface area (Å²) in [6.07, 6.45) is 1.11. The van der Waals surface area contributed by atoms with Gasteiger partial charge in [0.25, 0.3) is 0 Å². The quantitative estimate of drug-likeness (QED) is 0.723. The largest absolute Gasteiger partial charge is 0.251 e. The van der Waals surface area contributed by atoms with Crippen LogP contribution in [0.4, 0.5) is 4.39 Å². The number of nitriles is 1. The Labute approximate surface area is 87.3 Å². The van der Waals surface area contributed by atoms with Gasteiger partial charge in [0.05, 0.1) is 16.2 Å². The smallest absolute Gasteiger partial charge is 0.157 e. The second-order valence-electron chi connectivity index (χ2n) is 2.60. The number of hydrogen-bond donors (Lipinski definition) is 0. The van der Waals surface area contributed by atoms with E-state index in [1.54, 1.807) is 12.1 Å². The molecule has 0 saturated carbocycles. The number of halogens is 2. The summed E-state index contributed by atoms with van der Waals surface area (Å²) in [6, 6.07) is 5.06. The molecular formula is C9H3BrFN3. The Balaban J connectivity index is 2.86. The molecule has 68 valence electrons. The number of hydrogen-bond acceptors (Lipinski definition) is 3. The lowest BCUT2D eigenvalue weighted by Gasteiger charge is -1.99. The third-order valence-electron chi connectivity index (χ3n) is 1.72. The number of fused-ring (bicyclic) bond motifs is 1. The molecule has 0 aliphatic carbocycles. The molecule has 2 rings (SSSR count). The van der Waals surface area contributed by atoms with Crippen LogP contribution >= 0.6 is 15.9 Å². The summed E-state index contributed by atoms with van der Waals surface area (Å²) in [6.45, 7) is 0. The van der Waals surface area contributed by atoms with Gasteiger partial charge in [-0.2, -0.15) is 5.26 Å². The van der Waals surface area contributed by atoms with Crippen LogP contribution in [-0.2, 0) is 0 Å². The van der Waals surface area contributed by atoms with Gasteiger partial charge in [-0.25, -0.2) is 9.37 Å². The maximum atomic E-state index is 13.1. The summed E-state index contributed by atoms with van der Waals surface area (Å²) in [5.74, 6) is -0.486. The van der Waals surface area contributed by atoms with Crippen molar-refractivity contribution < 1.29 is 4.39 Å². The van der Waals surface area contributed by atoms with Gasteiger partial charge in [0.15, 0.2) is 5.82 Å². The van der Waals surface area contributed by atoms with Gasteiger partial charge in [0.2, 0.25) is 0 Å². The highest BCUT2D eigenvalue weighted by molar-refractivity contribution is 9.10. The number of pyridine rings is 2. The van der Waals surface area contributed by atoms with Gasteiger partial charge in [0.1, 0.15) is 17.3 Å². The standard InChI is InChI=1S/C9H3BrFN3/c10-8-6(11)4-13-7-2-1-5(3-12)14-9(7)8/h1-2,4H. The minimum Gasteiger partial charge on any atom is -0.251 e. The molecule has 5 heteroatoms. The predicted molar refractivity (Wildman–Crippen MR) is 51.9 cm³/mol. The summed E-state index contributed by atoms with van der Waals surface area (Å²) in [5.41, 5.74) is 1.16. The van der Waals surface area contributed by atoms with Gasteiger partial charge in [-0.05, 0) is 28.1 Å². The molecule has 3 nitrogen and oxygen atoms in total. The first-order chi connectivity index (χ1) is 6.72. The van der Waals surface area contributed by atoms with Crippen molar-refractivity contribution in [1.82, 2.24) is 9.97 Å². The molecular weight excluding hydrogens is 249 g/mol. The van der Waals surface area contributed by atoms with E-state index in [4.69, 9.17) is 5.26 Å². The summed E-state index contributed by atoms with van der Waals surface area (Å²) >= 11 is 3.06. The molecule has 0 unspecified atom stereocenters. The summed E-state index contributed by atoms with van der Waals surface area (Å²) in [4.78, 5) is 7.78. The predicted octanol–water partition coefficient (Wildman–Crippen LogP) is 2.40. The number of nitrogens with zero attached hydrogens (tertiary/aromatic N) is 3. The van der Waals surface area contributed by atoms with Crippen molar-refractivity contribution in [2.45, 2.75) is 0 Å². The number of rotatable bonds is 0. The Morgan fingerprint density at radius 3 is 2.93 bits per heavy atom. The first-order valence-corrected chi connectivity index (χ1v) is 4.52. The van der Waals surface area contributed by atoms with Crippen LogP contribution in [0.2, 0.25) is 0 Å². The highest BCUT2D eigenvalue weighted by Crippen LogP contribution is 2.23. The lowest BCUT2D eigenvalue weighted by atomic mass is 10.3. The van der Waals surface area contributed by atoms with Gasteiger partial charge < -0.3 is 0 Å². The van der Waals surface area contributed by atoms with Gasteiger partial charge in [-0.15, -0.1) is 0 Å². The van der Waals surface area contributed by atoms with Crippen molar-refractivity contribution in [2.24, 2.45) is 0 Å². The average Bonchev–Trinajstić information content (AvgIpc) is 2.23. The molecule has 0 amide bonds. The monoisotopic (exact) mass is 251 g/mol. The second kappa shape index (κ2) is 3.31. The molecule has 0 aliphatic rings. The maximum Gasteiger partial charge on any atom is 0.157 e. The zero-order chi connectivity index (χ0) is 10.1. The van der Waals surface area contributed by atoms with Crippen molar-refractivity contribution >= 4 is 27.0 Å². The molecule has 0 aliphatic heterocycles. The number of aromatic nitrogens is 2. The van der Waals surface area contributed by atoms with E-state index in [9.17, 15) is 4.39 Å². The fraction of sp³-hybridized carbons (Fsp3) is 0.